The first-order chi connectivity index (χ1) is 8.85. The highest BCUT2D eigenvalue weighted by molar-refractivity contribution is 5.82. The summed E-state index contributed by atoms with van der Waals surface area (Å²) < 4.78 is 0. The Balaban J connectivity index is 2.38. The third-order valence-corrected chi connectivity index (χ3v) is 3.16. The van der Waals surface area contributed by atoms with Crippen molar-refractivity contribution in [2.45, 2.75) is 39.5 Å². The lowest BCUT2D eigenvalue weighted by Crippen LogP contribution is -1.88. The second-order valence-electron chi connectivity index (χ2n) is 4.68. The van der Waals surface area contributed by atoms with Gasteiger partial charge in [0.2, 0.25) is 0 Å². The molecule has 0 N–H and O–H groups in total. The second-order valence-corrected chi connectivity index (χ2v) is 4.68. The fourth-order valence-electron chi connectivity index (χ4n) is 2.20. The van der Waals surface area contributed by atoms with Gasteiger partial charge in [-0.1, -0.05) is 51.0 Å². The molecule has 0 aliphatic heterocycles. The molecule has 0 amide bonds. The van der Waals surface area contributed by atoms with Crippen molar-refractivity contribution in [2.24, 2.45) is 0 Å². The quantitative estimate of drug-likeness (QED) is 0.697. The fourth-order valence-corrected chi connectivity index (χ4v) is 2.20. The van der Waals surface area contributed by atoms with Crippen LogP contribution < -0.4 is 0 Å². The van der Waals surface area contributed by atoms with Crippen LogP contribution in [0.15, 0.2) is 42.6 Å². The summed E-state index contributed by atoms with van der Waals surface area (Å²) in [4.78, 5) is 4.55. The molecular formula is C17H21N. The minimum absolute atomic E-state index is 1.08. The molecule has 0 atom stereocenters. The van der Waals surface area contributed by atoms with Crippen LogP contribution in [0, 0.1) is 0 Å². The van der Waals surface area contributed by atoms with Gasteiger partial charge in [0, 0.05) is 11.6 Å². The van der Waals surface area contributed by atoms with Gasteiger partial charge in [0.25, 0.3) is 0 Å². The third kappa shape index (κ3) is 2.98. The van der Waals surface area contributed by atoms with E-state index in [0.29, 0.717) is 0 Å². The van der Waals surface area contributed by atoms with Gasteiger partial charge in [-0.05, 0) is 36.1 Å². The Morgan fingerprint density at radius 2 is 2.00 bits per heavy atom. The smallest absolute Gasteiger partial charge is 0.0702 e. The summed E-state index contributed by atoms with van der Waals surface area (Å²) in [7, 11) is 0. The molecule has 0 unspecified atom stereocenters. The number of para-hydroxylation sites is 1. The molecule has 1 heteroatoms. The molecule has 0 bridgehead atoms. The number of hydrogen-bond donors (Lipinski definition) is 0. The Hall–Kier alpha value is -1.63. The zero-order chi connectivity index (χ0) is 12.8. The van der Waals surface area contributed by atoms with Crippen LogP contribution >= 0.6 is 0 Å². The topological polar surface area (TPSA) is 12.9 Å². The second kappa shape index (κ2) is 6.34. The van der Waals surface area contributed by atoms with E-state index >= 15 is 0 Å². The molecule has 0 saturated heterocycles. The number of benzene rings is 1. The number of fused-ring (bicyclic) bond motifs is 1. The normalized spacial score (nSPS) is 12.0. The lowest BCUT2D eigenvalue weighted by atomic mass is 10.00. The van der Waals surface area contributed by atoms with E-state index in [9.17, 15) is 0 Å². The average molecular weight is 239 g/mol. The molecule has 1 aromatic carbocycles. The molecule has 94 valence electrons. The monoisotopic (exact) mass is 239 g/mol. The predicted molar refractivity (Wildman–Crippen MR) is 79.5 cm³/mol. The lowest BCUT2D eigenvalue weighted by molar-refractivity contribution is 0.932. The lowest BCUT2D eigenvalue weighted by Gasteiger charge is -2.07. The summed E-state index contributed by atoms with van der Waals surface area (Å²) in [5.41, 5.74) is 3.80. The third-order valence-electron chi connectivity index (χ3n) is 3.16. The van der Waals surface area contributed by atoms with Crippen LogP contribution in [0.25, 0.3) is 16.5 Å². The van der Waals surface area contributed by atoms with E-state index in [1.165, 1.54) is 29.4 Å². The predicted octanol–water partition coefficient (Wildman–Crippen LogP) is 5.22. The molecule has 0 radical (unpaired) electrons. The number of allylic oxidation sites excluding steroid dienone is 2. The summed E-state index contributed by atoms with van der Waals surface area (Å²) in [6.07, 6.45) is 9.06. The molecule has 0 saturated carbocycles. The number of unbranched alkanes of at least 4 members (excludes halogenated alkanes) is 1. The highest BCUT2D eigenvalue weighted by Gasteiger charge is 2.02. The first-order valence-electron chi connectivity index (χ1n) is 6.89. The van der Waals surface area contributed by atoms with Crippen LogP contribution in [0.1, 0.15) is 45.1 Å². The summed E-state index contributed by atoms with van der Waals surface area (Å²) >= 11 is 0. The number of hydrogen-bond acceptors (Lipinski definition) is 1. The fraction of sp³-hybridized carbons (Fsp3) is 0.353. The number of pyridine rings is 1. The van der Waals surface area contributed by atoms with Gasteiger partial charge < -0.3 is 0 Å². The van der Waals surface area contributed by atoms with Crippen molar-refractivity contribution in [3.05, 3.63) is 48.2 Å². The van der Waals surface area contributed by atoms with Crippen molar-refractivity contribution in [3.8, 4) is 0 Å². The molecule has 1 aromatic heterocycles. The van der Waals surface area contributed by atoms with Crippen molar-refractivity contribution in [1.82, 2.24) is 4.98 Å². The van der Waals surface area contributed by atoms with Gasteiger partial charge in [-0.3, -0.25) is 4.98 Å². The minimum atomic E-state index is 1.08. The van der Waals surface area contributed by atoms with Crippen LogP contribution in [0.3, 0.4) is 0 Å². The maximum absolute atomic E-state index is 4.55. The summed E-state index contributed by atoms with van der Waals surface area (Å²) in [5, 5.41) is 1.23. The van der Waals surface area contributed by atoms with E-state index in [4.69, 9.17) is 0 Å². The first kappa shape index (κ1) is 12.8. The molecule has 2 rings (SSSR count). The zero-order valence-corrected chi connectivity index (χ0v) is 11.3. The molecular weight excluding hydrogens is 218 g/mol. The number of nitrogens with zero attached hydrogens (tertiary/aromatic N) is 1. The molecule has 1 heterocycles. The Bertz CT molecular complexity index is 540. The van der Waals surface area contributed by atoms with E-state index < -0.39 is 0 Å². The van der Waals surface area contributed by atoms with Gasteiger partial charge in [-0.2, -0.15) is 0 Å². The van der Waals surface area contributed by atoms with Crippen molar-refractivity contribution in [3.63, 3.8) is 0 Å². The molecule has 18 heavy (non-hydrogen) atoms. The summed E-state index contributed by atoms with van der Waals surface area (Å²) in [6, 6.07) is 10.6. The Labute approximate surface area is 110 Å². The standard InChI is InChI=1S/C17H21N/c1-3-5-9-14(8-4-2)16-12-15-10-6-7-11-17(15)18-13-16/h6-7,9-13H,3-5,8H2,1-2H3/b14-9+. The minimum Gasteiger partial charge on any atom is -0.256 e. The number of rotatable bonds is 5. The van der Waals surface area contributed by atoms with Crippen LogP contribution in [0.2, 0.25) is 0 Å². The Kier molecular flexibility index (Phi) is 4.52. The molecule has 0 fully saturated rings. The van der Waals surface area contributed by atoms with Gasteiger partial charge >= 0.3 is 0 Å². The van der Waals surface area contributed by atoms with Crippen molar-refractivity contribution < 1.29 is 0 Å². The molecule has 1 nitrogen and oxygen atoms in total. The van der Waals surface area contributed by atoms with Gasteiger partial charge in [-0.25, -0.2) is 0 Å². The number of aromatic nitrogens is 1. The Morgan fingerprint density at radius 3 is 2.78 bits per heavy atom. The Morgan fingerprint density at radius 1 is 1.17 bits per heavy atom. The van der Waals surface area contributed by atoms with E-state index in [-0.39, 0.29) is 0 Å². The summed E-state index contributed by atoms with van der Waals surface area (Å²) in [5.74, 6) is 0. The van der Waals surface area contributed by atoms with Crippen LogP contribution in [-0.2, 0) is 0 Å². The summed E-state index contributed by atoms with van der Waals surface area (Å²) in [6.45, 7) is 4.45. The highest BCUT2D eigenvalue weighted by Crippen LogP contribution is 2.23. The van der Waals surface area contributed by atoms with Crippen molar-refractivity contribution in [1.29, 1.82) is 0 Å². The van der Waals surface area contributed by atoms with Gasteiger partial charge in [0.05, 0.1) is 5.52 Å². The van der Waals surface area contributed by atoms with E-state index in [0.717, 1.165) is 18.4 Å². The first-order valence-corrected chi connectivity index (χ1v) is 6.89. The van der Waals surface area contributed by atoms with Gasteiger partial charge in [0.15, 0.2) is 0 Å². The van der Waals surface area contributed by atoms with Crippen LogP contribution in [-0.4, -0.2) is 4.98 Å². The van der Waals surface area contributed by atoms with Crippen LogP contribution in [0.5, 0.6) is 0 Å². The van der Waals surface area contributed by atoms with Crippen molar-refractivity contribution in [2.75, 3.05) is 0 Å². The molecule has 0 spiro atoms. The zero-order valence-electron chi connectivity index (χ0n) is 11.3. The largest absolute Gasteiger partial charge is 0.256 e. The SMILES string of the molecule is CCC/C=C(\CCC)c1cnc2ccccc2c1. The van der Waals surface area contributed by atoms with E-state index in [1.54, 1.807) is 0 Å². The molecule has 0 aliphatic rings. The average Bonchev–Trinajstić information content (AvgIpc) is 2.43. The maximum atomic E-state index is 4.55. The molecule has 0 aliphatic carbocycles. The van der Waals surface area contributed by atoms with E-state index in [1.807, 2.05) is 12.3 Å². The van der Waals surface area contributed by atoms with Crippen LogP contribution in [0.4, 0.5) is 0 Å². The molecule has 2 aromatic rings. The van der Waals surface area contributed by atoms with E-state index in [2.05, 4.69) is 49.2 Å². The maximum Gasteiger partial charge on any atom is 0.0702 e. The van der Waals surface area contributed by atoms with Gasteiger partial charge in [-0.15, -0.1) is 0 Å². The highest BCUT2D eigenvalue weighted by atomic mass is 14.6. The van der Waals surface area contributed by atoms with Crippen molar-refractivity contribution >= 4 is 16.5 Å². The van der Waals surface area contributed by atoms with Gasteiger partial charge in [0.1, 0.15) is 0 Å².